The topological polar surface area (TPSA) is 38.1 Å². The third-order valence-corrected chi connectivity index (χ3v) is 4.67. The summed E-state index contributed by atoms with van der Waals surface area (Å²) in [6, 6.07) is 3.92. The molecule has 10 heteroatoms. The standard InChI is InChI=1S/C16H13Cl2F4N3O/c17-6-14(26)24-4-3-11-13(8-24)25(23-15(11)16(20,21)22)7-9-1-2-10(18)5-12(9)19/h1-2,5H,3-4,6-8H2. The fourth-order valence-electron chi connectivity index (χ4n) is 2.95. The number of halogens is 6. The van der Waals surface area contributed by atoms with Crippen LogP contribution < -0.4 is 0 Å². The van der Waals surface area contributed by atoms with Gasteiger partial charge in [-0.25, -0.2) is 4.39 Å². The second-order valence-corrected chi connectivity index (χ2v) is 6.57. The van der Waals surface area contributed by atoms with Gasteiger partial charge in [0.05, 0.1) is 18.8 Å². The zero-order valence-electron chi connectivity index (χ0n) is 13.3. The van der Waals surface area contributed by atoms with Crippen LogP contribution in [0.15, 0.2) is 18.2 Å². The minimum atomic E-state index is -4.63. The van der Waals surface area contributed by atoms with E-state index in [1.165, 1.54) is 17.0 Å². The monoisotopic (exact) mass is 409 g/mol. The highest BCUT2D eigenvalue weighted by Crippen LogP contribution is 2.35. The number of amides is 1. The maximum atomic E-state index is 14.0. The zero-order chi connectivity index (χ0) is 19.1. The van der Waals surface area contributed by atoms with Gasteiger partial charge in [-0.15, -0.1) is 11.6 Å². The zero-order valence-corrected chi connectivity index (χ0v) is 14.8. The van der Waals surface area contributed by atoms with Crippen molar-refractivity contribution in [3.05, 3.63) is 51.6 Å². The maximum Gasteiger partial charge on any atom is 0.435 e. The Balaban J connectivity index is 2.02. The largest absolute Gasteiger partial charge is 0.435 e. The number of hydrogen-bond acceptors (Lipinski definition) is 2. The first-order chi connectivity index (χ1) is 12.2. The molecule has 0 atom stereocenters. The average molecular weight is 410 g/mol. The molecule has 0 spiro atoms. The van der Waals surface area contributed by atoms with Crippen LogP contribution in [0.2, 0.25) is 5.02 Å². The summed E-state index contributed by atoms with van der Waals surface area (Å²) in [6.45, 7) is -0.133. The molecule has 3 rings (SSSR count). The van der Waals surface area contributed by atoms with Crippen LogP contribution in [0.3, 0.4) is 0 Å². The van der Waals surface area contributed by atoms with Gasteiger partial charge < -0.3 is 4.90 Å². The van der Waals surface area contributed by atoms with Crippen LogP contribution in [0.1, 0.15) is 22.5 Å². The van der Waals surface area contributed by atoms with Crippen molar-refractivity contribution in [2.45, 2.75) is 25.7 Å². The van der Waals surface area contributed by atoms with Gasteiger partial charge >= 0.3 is 6.18 Å². The number of aromatic nitrogens is 2. The summed E-state index contributed by atoms with van der Waals surface area (Å²) in [5.41, 5.74) is -0.587. The molecule has 0 unspecified atom stereocenters. The normalized spacial score (nSPS) is 14.5. The summed E-state index contributed by atoms with van der Waals surface area (Å²) in [4.78, 5) is 13.2. The molecule has 26 heavy (non-hydrogen) atoms. The molecule has 0 aliphatic carbocycles. The van der Waals surface area contributed by atoms with Crippen LogP contribution in [0, 0.1) is 5.82 Å². The molecule has 1 aromatic carbocycles. The van der Waals surface area contributed by atoms with Crippen molar-refractivity contribution in [1.82, 2.24) is 14.7 Å². The number of carbonyl (C=O) groups excluding carboxylic acids is 1. The van der Waals surface area contributed by atoms with Crippen molar-refractivity contribution in [3.8, 4) is 0 Å². The first kappa shape index (κ1) is 19.0. The van der Waals surface area contributed by atoms with E-state index in [-0.39, 0.29) is 59.7 Å². The number of alkyl halides is 4. The molecular formula is C16H13Cl2F4N3O. The van der Waals surface area contributed by atoms with Crippen LogP contribution in [0.25, 0.3) is 0 Å². The Bertz CT molecular complexity index is 851. The molecule has 0 bridgehead atoms. The van der Waals surface area contributed by atoms with E-state index in [2.05, 4.69) is 5.10 Å². The molecule has 1 aliphatic rings. The van der Waals surface area contributed by atoms with Crippen LogP contribution in [-0.4, -0.2) is 33.0 Å². The van der Waals surface area contributed by atoms with Crippen molar-refractivity contribution in [3.63, 3.8) is 0 Å². The van der Waals surface area contributed by atoms with Gasteiger partial charge in [-0.1, -0.05) is 17.7 Å². The van der Waals surface area contributed by atoms with Gasteiger partial charge in [0.15, 0.2) is 5.69 Å². The second-order valence-electron chi connectivity index (χ2n) is 5.86. The SMILES string of the molecule is O=C(CCl)N1CCc2c(C(F)(F)F)nn(Cc3ccc(Cl)cc3F)c2C1. The van der Waals surface area contributed by atoms with E-state index in [0.29, 0.717) is 0 Å². The average Bonchev–Trinajstić information content (AvgIpc) is 2.95. The molecule has 0 N–H and O–H groups in total. The van der Waals surface area contributed by atoms with Gasteiger partial charge in [0, 0.05) is 22.7 Å². The number of benzene rings is 1. The van der Waals surface area contributed by atoms with E-state index in [0.717, 1.165) is 10.7 Å². The van der Waals surface area contributed by atoms with Gasteiger partial charge in [0.1, 0.15) is 11.7 Å². The Morgan fingerprint density at radius 3 is 2.65 bits per heavy atom. The van der Waals surface area contributed by atoms with Gasteiger partial charge in [0.25, 0.3) is 0 Å². The van der Waals surface area contributed by atoms with Crippen molar-refractivity contribution < 1.29 is 22.4 Å². The number of nitrogens with zero attached hydrogens (tertiary/aromatic N) is 3. The molecule has 2 aromatic rings. The Morgan fingerprint density at radius 2 is 2.04 bits per heavy atom. The lowest BCUT2D eigenvalue weighted by molar-refractivity contribution is -0.142. The Kier molecular flexibility index (Phi) is 5.16. The molecule has 4 nitrogen and oxygen atoms in total. The lowest BCUT2D eigenvalue weighted by atomic mass is 10.0. The van der Waals surface area contributed by atoms with Crippen molar-refractivity contribution in [1.29, 1.82) is 0 Å². The number of rotatable bonds is 3. The molecule has 1 aromatic heterocycles. The lowest BCUT2D eigenvalue weighted by Gasteiger charge is -2.27. The highest BCUT2D eigenvalue weighted by atomic mass is 35.5. The summed E-state index contributed by atoms with van der Waals surface area (Å²) < 4.78 is 55.1. The van der Waals surface area contributed by atoms with E-state index >= 15 is 0 Å². The predicted octanol–water partition coefficient (Wildman–Crippen LogP) is 3.87. The molecule has 0 saturated carbocycles. The van der Waals surface area contributed by atoms with E-state index < -0.39 is 17.7 Å². The van der Waals surface area contributed by atoms with Gasteiger partial charge in [0.2, 0.25) is 5.91 Å². The van der Waals surface area contributed by atoms with Gasteiger partial charge in [-0.2, -0.15) is 18.3 Å². The predicted molar refractivity (Wildman–Crippen MR) is 87.6 cm³/mol. The van der Waals surface area contributed by atoms with E-state index in [9.17, 15) is 22.4 Å². The smallest absolute Gasteiger partial charge is 0.335 e. The third-order valence-electron chi connectivity index (χ3n) is 4.21. The molecule has 1 amide bonds. The van der Waals surface area contributed by atoms with Crippen molar-refractivity contribution in [2.75, 3.05) is 12.4 Å². The van der Waals surface area contributed by atoms with Crippen LogP contribution in [0.4, 0.5) is 17.6 Å². The van der Waals surface area contributed by atoms with E-state index in [1.54, 1.807) is 0 Å². The highest BCUT2D eigenvalue weighted by molar-refractivity contribution is 6.30. The number of hydrogen-bond donors (Lipinski definition) is 0. The van der Waals surface area contributed by atoms with Crippen LogP contribution in [0.5, 0.6) is 0 Å². The summed E-state index contributed by atoms with van der Waals surface area (Å²) in [5.74, 6) is -1.28. The van der Waals surface area contributed by atoms with Crippen LogP contribution in [-0.2, 0) is 30.5 Å². The number of fused-ring (bicyclic) bond motifs is 1. The summed E-state index contributed by atoms with van der Waals surface area (Å²) in [7, 11) is 0. The Morgan fingerprint density at radius 1 is 1.31 bits per heavy atom. The quantitative estimate of drug-likeness (QED) is 0.570. The molecule has 2 heterocycles. The molecule has 0 saturated heterocycles. The maximum absolute atomic E-state index is 14.0. The third kappa shape index (κ3) is 3.66. The lowest BCUT2D eigenvalue weighted by Crippen LogP contribution is -2.37. The van der Waals surface area contributed by atoms with Gasteiger partial charge in [-0.3, -0.25) is 9.48 Å². The van der Waals surface area contributed by atoms with E-state index in [1.807, 2.05) is 0 Å². The fourth-order valence-corrected chi connectivity index (χ4v) is 3.28. The van der Waals surface area contributed by atoms with Crippen molar-refractivity contribution >= 4 is 29.1 Å². The van der Waals surface area contributed by atoms with Gasteiger partial charge in [-0.05, 0) is 18.6 Å². The molecule has 140 valence electrons. The summed E-state index contributed by atoms with van der Waals surface area (Å²) in [6.07, 6.45) is -4.62. The summed E-state index contributed by atoms with van der Waals surface area (Å²) in [5, 5.41) is 3.85. The van der Waals surface area contributed by atoms with E-state index in [4.69, 9.17) is 23.2 Å². The molecule has 0 radical (unpaired) electrons. The number of carbonyl (C=O) groups is 1. The minimum absolute atomic E-state index is 0.00983. The first-order valence-corrected chi connectivity index (χ1v) is 8.55. The Labute approximate surface area is 156 Å². The van der Waals surface area contributed by atoms with Crippen LogP contribution >= 0.6 is 23.2 Å². The van der Waals surface area contributed by atoms with Crippen molar-refractivity contribution in [2.24, 2.45) is 0 Å². The first-order valence-electron chi connectivity index (χ1n) is 7.64. The molecular weight excluding hydrogens is 397 g/mol. The summed E-state index contributed by atoms with van der Waals surface area (Å²) >= 11 is 11.2. The second kappa shape index (κ2) is 7.08. The Hall–Kier alpha value is -1.80. The fraction of sp³-hybridized carbons (Fsp3) is 0.375. The minimum Gasteiger partial charge on any atom is -0.335 e. The molecule has 1 aliphatic heterocycles. The highest BCUT2D eigenvalue weighted by Gasteiger charge is 2.40. The molecule has 0 fully saturated rings.